The van der Waals surface area contributed by atoms with Crippen molar-refractivity contribution in [3.05, 3.63) is 85.1 Å². The molecule has 11 nitrogen and oxygen atoms in total. The first kappa shape index (κ1) is 55.1. The van der Waals surface area contributed by atoms with E-state index in [-0.39, 0.29) is 12.8 Å². The van der Waals surface area contributed by atoms with Crippen molar-refractivity contribution in [3.8, 4) is 0 Å². The largest absolute Gasteiger partial charge is 0.472 e. The Balaban J connectivity index is 4.60. The molecule has 4 N–H and O–H groups in total. The molecule has 0 amide bonds. The smallest absolute Gasteiger partial charge is 0.462 e. The molecule has 58 heavy (non-hydrogen) atoms. The lowest BCUT2D eigenvalue weighted by Crippen LogP contribution is -2.30. The number of unbranched alkanes of at least 4 members (excludes halogenated alkanes) is 10. The van der Waals surface area contributed by atoms with Crippen molar-refractivity contribution in [2.24, 2.45) is 0 Å². The summed E-state index contributed by atoms with van der Waals surface area (Å²) < 4.78 is 32.5. The first-order valence-electron chi connectivity index (χ1n) is 21.7. The Kier molecular flexibility index (Phi) is 38.8. The number of aliphatic hydroxyl groups is 3. The number of aliphatic hydroxyl groups excluding tert-OH is 3. The first-order chi connectivity index (χ1) is 28.1. The van der Waals surface area contributed by atoms with Gasteiger partial charge in [0.25, 0.3) is 0 Å². The normalized spacial score (nSPS) is 15.2. The van der Waals surface area contributed by atoms with Crippen LogP contribution < -0.4 is 0 Å². The summed E-state index contributed by atoms with van der Waals surface area (Å²) >= 11 is 0. The summed E-state index contributed by atoms with van der Waals surface area (Å²) in [6.45, 7) is 2.04. The summed E-state index contributed by atoms with van der Waals surface area (Å²) in [5.74, 6) is -1.20. The zero-order valence-electron chi connectivity index (χ0n) is 35.6. The fourth-order valence-corrected chi connectivity index (χ4v) is 6.02. The molecule has 0 bridgehead atoms. The molecule has 0 aliphatic heterocycles. The van der Waals surface area contributed by atoms with Gasteiger partial charge < -0.3 is 29.7 Å². The Bertz CT molecular complexity index is 1250. The van der Waals surface area contributed by atoms with Gasteiger partial charge in [-0.3, -0.25) is 18.6 Å². The van der Waals surface area contributed by atoms with Crippen LogP contribution in [0, 0.1) is 0 Å². The van der Waals surface area contributed by atoms with Gasteiger partial charge >= 0.3 is 19.8 Å². The number of allylic oxidation sites excluding steroid dienone is 13. The lowest BCUT2D eigenvalue weighted by molar-refractivity contribution is -0.161. The highest BCUT2D eigenvalue weighted by atomic mass is 31.2. The molecule has 0 aromatic heterocycles. The molecule has 0 radical (unpaired) electrons. The number of carbonyl (C=O) groups is 2. The summed E-state index contributed by atoms with van der Waals surface area (Å²) in [5, 5.41) is 28.6. The molecule has 0 aromatic rings. The molecule has 4 atom stereocenters. The van der Waals surface area contributed by atoms with E-state index in [2.05, 4.69) is 67.0 Å². The maximum Gasteiger partial charge on any atom is 0.472 e. The summed E-state index contributed by atoms with van der Waals surface area (Å²) in [5.41, 5.74) is 0. The standard InChI is InChI=1S/C46H77O11P/c1-3-5-7-9-11-13-15-17-18-19-20-22-24-26-28-30-32-36-45(50)54-40-44(41-56-58(52,53)55-39-43(49)38-47)57-46(51)37-33-35-42(48)34-31-29-27-25-23-21-16-14-12-10-8-6-4-2/h12,14,17-18,20-23,26-29,31,34,42-44,47-49H,3-11,13,15-16,19,24-25,30,32-33,35-41H2,1-2H3,(H,52,53)/b14-12-,18-17-,22-20-,23-21-,28-26-,29-27-,34-31+/t42-,43-,44+/m0/s1. The van der Waals surface area contributed by atoms with Crippen LogP contribution in [-0.4, -0.2) is 76.9 Å². The number of hydrogen-bond acceptors (Lipinski definition) is 10. The van der Waals surface area contributed by atoms with Crippen molar-refractivity contribution in [2.75, 3.05) is 26.4 Å². The van der Waals surface area contributed by atoms with Crippen LogP contribution >= 0.6 is 7.82 Å². The van der Waals surface area contributed by atoms with E-state index < -0.39 is 64.5 Å². The Morgan fingerprint density at radius 2 is 1.09 bits per heavy atom. The Morgan fingerprint density at radius 3 is 1.71 bits per heavy atom. The molecule has 0 spiro atoms. The van der Waals surface area contributed by atoms with Crippen LogP contribution in [0.25, 0.3) is 0 Å². The third-order valence-corrected chi connectivity index (χ3v) is 9.58. The van der Waals surface area contributed by atoms with Gasteiger partial charge in [-0.05, 0) is 77.0 Å². The molecule has 332 valence electrons. The van der Waals surface area contributed by atoms with Gasteiger partial charge in [-0.15, -0.1) is 0 Å². The molecule has 0 heterocycles. The Morgan fingerprint density at radius 1 is 0.586 bits per heavy atom. The number of phosphoric ester groups is 1. The molecule has 1 unspecified atom stereocenters. The van der Waals surface area contributed by atoms with Crippen LogP contribution in [0.1, 0.15) is 149 Å². The minimum atomic E-state index is -4.69. The second-order valence-corrected chi connectivity index (χ2v) is 15.7. The molecule has 0 rings (SSSR count). The molecule has 0 aliphatic rings. The fourth-order valence-electron chi connectivity index (χ4n) is 5.23. The van der Waals surface area contributed by atoms with Gasteiger partial charge in [0.05, 0.1) is 25.9 Å². The van der Waals surface area contributed by atoms with E-state index in [9.17, 15) is 29.3 Å². The van der Waals surface area contributed by atoms with Gasteiger partial charge in [0.15, 0.2) is 6.10 Å². The lowest BCUT2D eigenvalue weighted by atomic mass is 10.1. The molecule has 12 heteroatoms. The van der Waals surface area contributed by atoms with Gasteiger partial charge in [-0.25, -0.2) is 4.57 Å². The average molecular weight is 837 g/mol. The summed E-state index contributed by atoms with van der Waals surface area (Å²) in [6.07, 6.45) is 44.4. The molecular weight excluding hydrogens is 759 g/mol. The quantitative estimate of drug-likeness (QED) is 0.0153. The van der Waals surface area contributed by atoms with Crippen LogP contribution in [0.2, 0.25) is 0 Å². The monoisotopic (exact) mass is 837 g/mol. The second kappa shape index (κ2) is 40.9. The highest BCUT2D eigenvalue weighted by Crippen LogP contribution is 2.43. The molecular formula is C46H77O11P. The van der Waals surface area contributed by atoms with E-state index in [1.54, 1.807) is 12.2 Å². The van der Waals surface area contributed by atoms with Crippen molar-refractivity contribution in [2.45, 2.75) is 167 Å². The topological polar surface area (TPSA) is 169 Å². The number of hydrogen-bond donors (Lipinski definition) is 4. The Labute approximate surface area is 350 Å². The van der Waals surface area contributed by atoms with E-state index in [1.165, 1.54) is 57.8 Å². The predicted molar refractivity (Wildman–Crippen MR) is 234 cm³/mol. The van der Waals surface area contributed by atoms with E-state index >= 15 is 0 Å². The third kappa shape index (κ3) is 39.9. The maximum atomic E-state index is 12.6. The van der Waals surface area contributed by atoms with Crippen LogP contribution in [-0.2, 0) is 32.7 Å². The van der Waals surface area contributed by atoms with Gasteiger partial charge in [-0.2, -0.15) is 0 Å². The van der Waals surface area contributed by atoms with Crippen LogP contribution in [0.15, 0.2) is 85.1 Å². The number of carbonyl (C=O) groups excluding carboxylic acids is 2. The number of rotatable bonds is 39. The summed E-state index contributed by atoms with van der Waals surface area (Å²) in [6, 6.07) is 0. The predicted octanol–water partition coefficient (Wildman–Crippen LogP) is 10.4. The number of phosphoric acid groups is 1. The Hall–Kier alpha value is -2.89. The van der Waals surface area contributed by atoms with Crippen molar-refractivity contribution in [3.63, 3.8) is 0 Å². The van der Waals surface area contributed by atoms with E-state index in [4.69, 9.17) is 19.1 Å². The van der Waals surface area contributed by atoms with Gasteiger partial charge in [0.1, 0.15) is 12.7 Å². The van der Waals surface area contributed by atoms with Crippen molar-refractivity contribution >= 4 is 19.8 Å². The maximum absolute atomic E-state index is 12.6. The van der Waals surface area contributed by atoms with Gasteiger partial charge in [0.2, 0.25) is 0 Å². The first-order valence-corrected chi connectivity index (χ1v) is 23.1. The molecule has 0 saturated heterocycles. The molecule has 0 aliphatic carbocycles. The number of esters is 2. The SMILES string of the molecule is CCCCC/C=C\C/C=C\C/C=C\C=C\[C@H](O)CCCC(=O)O[C@H](COC(=O)CCC/C=C\C/C=C\C/C=C\CCCCCCCC)COP(=O)(O)OC[C@@H](O)CO. The fraction of sp³-hybridized carbons (Fsp3) is 0.652. The van der Waals surface area contributed by atoms with E-state index in [0.717, 1.165) is 38.5 Å². The zero-order valence-corrected chi connectivity index (χ0v) is 36.5. The molecule has 0 aromatic carbocycles. The van der Waals surface area contributed by atoms with Crippen LogP contribution in [0.4, 0.5) is 0 Å². The van der Waals surface area contributed by atoms with Crippen molar-refractivity contribution in [1.82, 2.24) is 0 Å². The van der Waals surface area contributed by atoms with Crippen molar-refractivity contribution < 1.29 is 52.9 Å². The van der Waals surface area contributed by atoms with E-state index in [1.807, 2.05) is 24.3 Å². The summed E-state index contributed by atoms with van der Waals surface area (Å²) in [7, 11) is -4.69. The minimum Gasteiger partial charge on any atom is -0.462 e. The zero-order chi connectivity index (χ0) is 42.8. The van der Waals surface area contributed by atoms with Gasteiger partial charge in [0, 0.05) is 12.8 Å². The van der Waals surface area contributed by atoms with Crippen molar-refractivity contribution in [1.29, 1.82) is 0 Å². The van der Waals surface area contributed by atoms with Crippen LogP contribution in [0.3, 0.4) is 0 Å². The lowest BCUT2D eigenvalue weighted by Gasteiger charge is -2.20. The third-order valence-electron chi connectivity index (χ3n) is 8.63. The van der Waals surface area contributed by atoms with E-state index in [0.29, 0.717) is 25.7 Å². The van der Waals surface area contributed by atoms with Crippen LogP contribution in [0.5, 0.6) is 0 Å². The molecule has 0 fully saturated rings. The average Bonchev–Trinajstić information content (AvgIpc) is 3.20. The van der Waals surface area contributed by atoms with Gasteiger partial charge in [-0.1, -0.05) is 144 Å². The minimum absolute atomic E-state index is 0.0590. The second-order valence-electron chi connectivity index (χ2n) is 14.2. The molecule has 0 saturated carbocycles. The number of ether oxygens (including phenoxy) is 2. The summed E-state index contributed by atoms with van der Waals surface area (Å²) in [4.78, 5) is 35.0. The highest BCUT2D eigenvalue weighted by Gasteiger charge is 2.27. The highest BCUT2D eigenvalue weighted by molar-refractivity contribution is 7.47.